The molecular weight excluding hydrogens is 595 g/mol. The van der Waals surface area contributed by atoms with Crippen LogP contribution in [0.3, 0.4) is 0 Å². The van der Waals surface area contributed by atoms with Gasteiger partial charge in [0, 0.05) is 30.0 Å². The lowest BCUT2D eigenvalue weighted by atomic mass is 9.92. The van der Waals surface area contributed by atoms with Gasteiger partial charge in [-0.05, 0) is 37.1 Å². The second kappa shape index (κ2) is 17.8. The third-order valence-corrected chi connectivity index (χ3v) is 7.41. The molecule has 3 nitrogen and oxygen atoms in total. The first kappa shape index (κ1) is 32.5. The molecule has 6 heteroatoms. The Morgan fingerprint density at radius 2 is 1.53 bits per heavy atom. The second-order valence-corrected chi connectivity index (χ2v) is 10.3. The lowest BCUT2D eigenvalue weighted by molar-refractivity contribution is -0.546. The highest BCUT2D eigenvalue weighted by atomic mass is 127. The summed E-state index contributed by atoms with van der Waals surface area (Å²) in [7, 11) is 1.70. The zero-order chi connectivity index (χ0) is 26.5. The molecule has 0 N–H and O–H groups in total. The summed E-state index contributed by atoms with van der Waals surface area (Å²) in [5.74, 6) is 0.630. The number of hydrogen-bond acceptors (Lipinski definition) is 2. The summed E-state index contributed by atoms with van der Waals surface area (Å²) < 4.78 is 42.4. The van der Waals surface area contributed by atoms with Gasteiger partial charge in [0.05, 0.1) is 19.3 Å². The number of ether oxygens (including phenoxy) is 2. The maximum atomic E-state index is 14.5. The maximum absolute atomic E-state index is 14.5. The molecule has 0 radical (unpaired) electrons. The Hall–Kier alpha value is -1.70. The van der Waals surface area contributed by atoms with E-state index in [2.05, 4.69) is 24.5 Å². The minimum Gasteiger partial charge on any atom is -1.00 e. The first-order chi connectivity index (χ1) is 18.1. The van der Waals surface area contributed by atoms with Gasteiger partial charge in [0.2, 0.25) is 0 Å². The number of benzene rings is 2. The van der Waals surface area contributed by atoms with Gasteiger partial charge in [-0.25, -0.2) is 13.4 Å². The molecule has 0 saturated carbocycles. The van der Waals surface area contributed by atoms with Crippen LogP contribution in [0.15, 0.2) is 30.3 Å². The Morgan fingerprint density at radius 3 is 2.21 bits per heavy atom. The average molecular weight is 642 g/mol. The van der Waals surface area contributed by atoms with Gasteiger partial charge >= 0.3 is 0 Å². The van der Waals surface area contributed by atoms with E-state index in [0.29, 0.717) is 18.7 Å². The SMILES string of the molecule is CCCCCCCCOc1c(OC)ccc2c1CC[N+](Cc1ccc(F)cc1F)=C2CCCCCCC.[I-]. The van der Waals surface area contributed by atoms with E-state index in [1.807, 2.05) is 6.07 Å². The minimum atomic E-state index is -0.537. The van der Waals surface area contributed by atoms with Crippen molar-refractivity contribution in [2.75, 3.05) is 20.3 Å². The topological polar surface area (TPSA) is 21.5 Å². The normalized spacial score (nSPS) is 12.8. The number of halogens is 3. The Kier molecular flexibility index (Phi) is 15.2. The fourth-order valence-corrected chi connectivity index (χ4v) is 5.27. The first-order valence-electron chi connectivity index (χ1n) is 14.5. The van der Waals surface area contributed by atoms with E-state index < -0.39 is 11.6 Å². The molecule has 1 aliphatic heterocycles. The Labute approximate surface area is 246 Å². The van der Waals surface area contributed by atoms with E-state index in [4.69, 9.17) is 9.47 Å². The molecule has 1 heterocycles. The quantitative estimate of drug-likeness (QED) is 0.127. The number of hydrogen-bond donors (Lipinski definition) is 0. The van der Waals surface area contributed by atoms with Gasteiger partial charge in [0.25, 0.3) is 0 Å². The molecule has 38 heavy (non-hydrogen) atoms. The van der Waals surface area contributed by atoms with Crippen LogP contribution in [0, 0.1) is 11.6 Å². The molecule has 2 aromatic carbocycles. The van der Waals surface area contributed by atoms with Crippen LogP contribution in [0.1, 0.15) is 108 Å². The predicted molar refractivity (Wildman–Crippen MR) is 148 cm³/mol. The lowest BCUT2D eigenvalue weighted by Crippen LogP contribution is -3.00. The van der Waals surface area contributed by atoms with Crippen molar-refractivity contribution in [1.29, 1.82) is 0 Å². The van der Waals surface area contributed by atoms with Crippen LogP contribution in [0.5, 0.6) is 11.5 Å². The smallest absolute Gasteiger partial charge is 0.184 e. The highest BCUT2D eigenvalue weighted by Gasteiger charge is 2.30. The van der Waals surface area contributed by atoms with Crippen molar-refractivity contribution in [3.63, 3.8) is 0 Å². The van der Waals surface area contributed by atoms with Gasteiger partial charge < -0.3 is 33.5 Å². The van der Waals surface area contributed by atoms with Crippen molar-refractivity contribution in [1.82, 2.24) is 0 Å². The Balaban J connectivity index is 0.00000507. The molecule has 0 bridgehead atoms. The summed E-state index contributed by atoms with van der Waals surface area (Å²) in [6.45, 7) is 6.37. The molecule has 0 aromatic heterocycles. The number of rotatable bonds is 17. The monoisotopic (exact) mass is 641 g/mol. The number of methoxy groups -OCH3 is 1. The molecule has 0 unspecified atom stereocenters. The van der Waals surface area contributed by atoms with Crippen LogP contribution in [-0.4, -0.2) is 30.5 Å². The van der Waals surface area contributed by atoms with Crippen molar-refractivity contribution >= 4 is 5.71 Å². The molecule has 2 aromatic rings. The van der Waals surface area contributed by atoms with Crippen LogP contribution in [0.25, 0.3) is 0 Å². The van der Waals surface area contributed by atoms with Crippen molar-refractivity contribution in [2.24, 2.45) is 0 Å². The van der Waals surface area contributed by atoms with Gasteiger partial charge in [0.1, 0.15) is 18.2 Å². The lowest BCUT2D eigenvalue weighted by Gasteiger charge is -2.23. The third kappa shape index (κ3) is 9.49. The summed E-state index contributed by atoms with van der Waals surface area (Å²) in [5.41, 5.74) is 4.14. The fraction of sp³-hybridized carbons (Fsp3) is 0.594. The van der Waals surface area contributed by atoms with Crippen LogP contribution in [0.4, 0.5) is 8.78 Å². The molecule has 0 spiro atoms. The predicted octanol–water partition coefficient (Wildman–Crippen LogP) is 5.64. The zero-order valence-corrected chi connectivity index (χ0v) is 25.8. The number of fused-ring (bicyclic) bond motifs is 1. The standard InChI is InChI=1S/C32H46F2NO2.HI/c1-4-6-8-10-12-14-22-37-32-28-20-21-35(24-25-16-17-26(33)23-29(25)34)30(15-13-11-9-7-5-2)27(28)18-19-31(32)36-3;/h16-19,23H,4-15,20-22,24H2,1-3H3;1H/q+1;/p-1. The fourth-order valence-electron chi connectivity index (χ4n) is 5.27. The van der Waals surface area contributed by atoms with Gasteiger partial charge in [-0.2, -0.15) is 0 Å². The molecule has 0 fully saturated rings. The molecule has 0 amide bonds. The Bertz CT molecular complexity index is 1020. The summed E-state index contributed by atoms with van der Waals surface area (Å²) in [4.78, 5) is 0. The van der Waals surface area contributed by atoms with Gasteiger partial charge in [-0.3, -0.25) is 0 Å². The number of nitrogens with zero attached hydrogens (tertiary/aromatic N) is 1. The van der Waals surface area contributed by atoms with Gasteiger partial charge in [0.15, 0.2) is 23.8 Å². The molecule has 1 aliphatic rings. The van der Waals surface area contributed by atoms with Crippen molar-refractivity contribution in [2.45, 2.75) is 104 Å². The van der Waals surface area contributed by atoms with Crippen molar-refractivity contribution < 1.29 is 46.8 Å². The largest absolute Gasteiger partial charge is 1.00 e. The van der Waals surface area contributed by atoms with E-state index in [1.54, 1.807) is 13.2 Å². The second-order valence-electron chi connectivity index (χ2n) is 10.3. The summed E-state index contributed by atoms with van der Waals surface area (Å²) in [6.07, 6.45) is 15.1. The third-order valence-electron chi connectivity index (χ3n) is 7.41. The van der Waals surface area contributed by atoms with Crippen molar-refractivity contribution in [3.05, 3.63) is 58.7 Å². The molecule has 0 atom stereocenters. The average Bonchev–Trinajstić information content (AvgIpc) is 2.90. The van der Waals surface area contributed by atoms with Crippen LogP contribution in [0.2, 0.25) is 0 Å². The van der Waals surface area contributed by atoms with E-state index in [9.17, 15) is 8.78 Å². The van der Waals surface area contributed by atoms with Gasteiger partial charge in [-0.1, -0.05) is 71.6 Å². The first-order valence-corrected chi connectivity index (χ1v) is 14.5. The van der Waals surface area contributed by atoms with Gasteiger partial charge in [-0.15, -0.1) is 0 Å². The summed E-state index contributed by atoms with van der Waals surface area (Å²) in [5, 5.41) is 0. The number of unbranched alkanes of at least 4 members (excludes halogenated alkanes) is 9. The van der Waals surface area contributed by atoms with E-state index in [-0.39, 0.29) is 24.0 Å². The van der Waals surface area contributed by atoms with E-state index in [1.165, 1.54) is 80.7 Å². The van der Waals surface area contributed by atoms with Crippen molar-refractivity contribution in [3.8, 4) is 11.5 Å². The molecule has 0 saturated heterocycles. The molecule has 0 aliphatic carbocycles. The zero-order valence-electron chi connectivity index (χ0n) is 23.6. The highest BCUT2D eigenvalue weighted by Crippen LogP contribution is 2.37. The summed E-state index contributed by atoms with van der Waals surface area (Å²) in [6, 6.07) is 8.05. The van der Waals surface area contributed by atoms with E-state index in [0.717, 1.165) is 49.8 Å². The van der Waals surface area contributed by atoms with Crippen LogP contribution < -0.4 is 33.5 Å². The Morgan fingerprint density at radius 1 is 0.842 bits per heavy atom. The minimum absolute atomic E-state index is 0. The molecular formula is C32H46F2INO2. The van der Waals surface area contributed by atoms with Crippen LogP contribution in [-0.2, 0) is 13.0 Å². The maximum Gasteiger partial charge on any atom is 0.184 e. The van der Waals surface area contributed by atoms with Crippen LogP contribution >= 0.6 is 0 Å². The highest BCUT2D eigenvalue weighted by molar-refractivity contribution is 5.99. The van der Waals surface area contributed by atoms with E-state index >= 15 is 0 Å². The molecule has 212 valence electrons. The molecule has 3 rings (SSSR count). The summed E-state index contributed by atoms with van der Waals surface area (Å²) >= 11 is 0.